The van der Waals surface area contributed by atoms with Gasteiger partial charge in [0.15, 0.2) is 0 Å². The van der Waals surface area contributed by atoms with Crippen molar-refractivity contribution in [2.24, 2.45) is 10.2 Å². The molecule has 0 amide bonds. The van der Waals surface area contributed by atoms with Crippen LogP contribution in [0.3, 0.4) is 0 Å². The Morgan fingerprint density at radius 3 is 2.80 bits per heavy atom. The second kappa shape index (κ2) is 1.89. The predicted octanol–water partition coefficient (Wildman–Crippen LogP) is 2.96. The van der Waals surface area contributed by atoms with Crippen molar-refractivity contribution in [1.82, 2.24) is 0 Å². The Hall–Kier alpha value is -0.700. The lowest BCUT2D eigenvalue weighted by Gasteiger charge is -1.84. The van der Waals surface area contributed by atoms with Crippen LogP contribution >= 0.6 is 11.3 Å². The Kier molecular flexibility index (Phi) is 1.14. The minimum Gasteiger partial charge on any atom is -0.184 e. The number of nitrogens with zero attached hydrogens (tertiary/aromatic N) is 2. The summed E-state index contributed by atoms with van der Waals surface area (Å²) in [7, 11) is 0. The van der Waals surface area contributed by atoms with E-state index in [1.54, 1.807) is 0 Å². The highest BCUT2D eigenvalue weighted by Crippen LogP contribution is 2.38. The number of hydrogen-bond donors (Lipinski definition) is 0. The van der Waals surface area contributed by atoms with Crippen LogP contribution in [0.25, 0.3) is 0 Å². The van der Waals surface area contributed by atoms with Crippen LogP contribution in [0.1, 0.15) is 15.3 Å². The van der Waals surface area contributed by atoms with E-state index in [9.17, 15) is 0 Å². The highest BCUT2D eigenvalue weighted by molar-refractivity contribution is 7.12. The van der Waals surface area contributed by atoms with E-state index in [0.717, 1.165) is 12.2 Å². The third kappa shape index (κ3) is 0.639. The van der Waals surface area contributed by atoms with E-state index < -0.39 is 0 Å². The highest BCUT2D eigenvalue weighted by Gasteiger charge is 2.15. The zero-order valence-corrected chi connectivity index (χ0v) is 6.83. The molecule has 1 aromatic heterocycles. The minimum absolute atomic E-state index is 0.797. The molecule has 0 N–H and O–H groups in total. The number of aryl methyl sites for hydroxylation is 2. The summed E-state index contributed by atoms with van der Waals surface area (Å²) in [6, 6.07) is 0. The van der Waals surface area contributed by atoms with Crippen molar-refractivity contribution >= 4 is 17.0 Å². The first kappa shape index (κ1) is 6.04. The summed E-state index contributed by atoms with van der Waals surface area (Å²) < 4.78 is 0. The molecule has 1 aliphatic rings. The van der Waals surface area contributed by atoms with E-state index >= 15 is 0 Å². The summed E-state index contributed by atoms with van der Waals surface area (Å²) in [6.07, 6.45) is 0. The zero-order valence-electron chi connectivity index (χ0n) is 6.01. The molecule has 1 aliphatic heterocycles. The van der Waals surface area contributed by atoms with E-state index in [2.05, 4.69) is 24.1 Å². The molecule has 2 rings (SSSR count). The fourth-order valence-electron chi connectivity index (χ4n) is 1.21. The van der Waals surface area contributed by atoms with Gasteiger partial charge in [0.1, 0.15) is 5.69 Å². The minimum atomic E-state index is 0.797. The van der Waals surface area contributed by atoms with Crippen LogP contribution in [0.4, 0.5) is 5.69 Å². The van der Waals surface area contributed by atoms with Crippen molar-refractivity contribution < 1.29 is 0 Å². The molecule has 0 atom stereocenters. The third-order valence-corrected chi connectivity index (χ3v) is 2.80. The summed E-state index contributed by atoms with van der Waals surface area (Å²) in [4.78, 5) is 2.67. The van der Waals surface area contributed by atoms with Crippen LogP contribution in [0.2, 0.25) is 0 Å². The smallest absolute Gasteiger partial charge is 0.104 e. The molecule has 0 radical (unpaired) electrons. The molecular formula is C7H8N2S. The summed E-state index contributed by atoms with van der Waals surface area (Å²) in [5.74, 6) is 0. The number of fused-ring (bicyclic) bond motifs is 1. The van der Waals surface area contributed by atoms with Gasteiger partial charge in [-0.2, -0.15) is 10.2 Å². The first-order chi connectivity index (χ1) is 4.79. The third-order valence-electron chi connectivity index (χ3n) is 1.75. The van der Waals surface area contributed by atoms with Gasteiger partial charge in [0.25, 0.3) is 0 Å². The van der Waals surface area contributed by atoms with E-state index in [4.69, 9.17) is 0 Å². The quantitative estimate of drug-likeness (QED) is 0.546. The monoisotopic (exact) mass is 152 g/mol. The molecule has 10 heavy (non-hydrogen) atoms. The molecule has 0 saturated heterocycles. The molecule has 0 aliphatic carbocycles. The van der Waals surface area contributed by atoms with Gasteiger partial charge in [-0.15, -0.1) is 11.3 Å². The first-order valence-electron chi connectivity index (χ1n) is 3.25. The van der Waals surface area contributed by atoms with Gasteiger partial charge in [0.2, 0.25) is 0 Å². The Balaban J connectivity index is 2.70. The lowest BCUT2D eigenvalue weighted by molar-refractivity contribution is 1.03. The molecule has 0 unspecified atom stereocenters. The van der Waals surface area contributed by atoms with Crippen molar-refractivity contribution in [3.63, 3.8) is 0 Å². The van der Waals surface area contributed by atoms with E-state index in [-0.39, 0.29) is 0 Å². The van der Waals surface area contributed by atoms with Gasteiger partial charge in [-0.05, 0) is 13.8 Å². The van der Waals surface area contributed by atoms with Gasteiger partial charge in [-0.1, -0.05) is 0 Å². The average molecular weight is 152 g/mol. The largest absolute Gasteiger partial charge is 0.184 e. The van der Waals surface area contributed by atoms with Crippen molar-refractivity contribution in [2.75, 3.05) is 0 Å². The van der Waals surface area contributed by atoms with Crippen molar-refractivity contribution in [1.29, 1.82) is 0 Å². The molecule has 0 spiro atoms. The average Bonchev–Trinajstić information content (AvgIpc) is 2.39. The molecule has 2 nitrogen and oxygen atoms in total. The van der Waals surface area contributed by atoms with E-state index in [0.29, 0.717) is 0 Å². The number of thiophene rings is 1. The lowest BCUT2D eigenvalue weighted by Crippen LogP contribution is -1.72. The van der Waals surface area contributed by atoms with Crippen LogP contribution in [0.5, 0.6) is 0 Å². The maximum Gasteiger partial charge on any atom is 0.104 e. The summed E-state index contributed by atoms with van der Waals surface area (Å²) in [5, 5.41) is 8.02. The second-order valence-corrected chi connectivity index (χ2v) is 3.87. The van der Waals surface area contributed by atoms with Crippen molar-refractivity contribution in [2.45, 2.75) is 20.4 Å². The molecule has 52 valence electrons. The maximum absolute atomic E-state index is 4.06. The summed E-state index contributed by atoms with van der Waals surface area (Å²) in [6.45, 7) is 5.03. The number of rotatable bonds is 0. The molecule has 0 fully saturated rings. The highest BCUT2D eigenvalue weighted by atomic mass is 32.1. The van der Waals surface area contributed by atoms with Gasteiger partial charge in [-0.25, -0.2) is 0 Å². The molecule has 0 saturated carbocycles. The van der Waals surface area contributed by atoms with Gasteiger partial charge >= 0.3 is 0 Å². The molecule has 0 bridgehead atoms. The topological polar surface area (TPSA) is 24.7 Å². The van der Waals surface area contributed by atoms with Gasteiger partial charge < -0.3 is 0 Å². The SMILES string of the molecule is Cc1sc(C)c2c1CN=N2. The molecule has 1 aromatic rings. The second-order valence-electron chi connectivity index (χ2n) is 2.44. The lowest BCUT2D eigenvalue weighted by atomic mass is 10.2. The first-order valence-corrected chi connectivity index (χ1v) is 4.07. The fourth-order valence-corrected chi connectivity index (χ4v) is 2.22. The normalized spacial score (nSPS) is 14.2. The molecule has 0 aromatic carbocycles. The van der Waals surface area contributed by atoms with Gasteiger partial charge in [0, 0.05) is 15.3 Å². The number of azo groups is 1. The zero-order chi connectivity index (χ0) is 7.14. The molecule has 2 heterocycles. The van der Waals surface area contributed by atoms with Crippen LogP contribution in [-0.4, -0.2) is 0 Å². The Labute approximate surface area is 63.6 Å². The van der Waals surface area contributed by atoms with Crippen LogP contribution in [0.15, 0.2) is 10.2 Å². The van der Waals surface area contributed by atoms with E-state index in [1.165, 1.54) is 15.3 Å². The van der Waals surface area contributed by atoms with Crippen LogP contribution < -0.4 is 0 Å². The number of hydrogen-bond acceptors (Lipinski definition) is 3. The van der Waals surface area contributed by atoms with Crippen molar-refractivity contribution in [3.05, 3.63) is 15.3 Å². The predicted molar refractivity (Wildman–Crippen MR) is 42.0 cm³/mol. The summed E-state index contributed by atoms with van der Waals surface area (Å²) in [5.41, 5.74) is 2.46. The van der Waals surface area contributed by atoms with Gasteiger partial charge in [0.05, 0.1) is 6.54 Å². The Morgan fingerprint density at radius 1 is 1.30 bits per heavy atom. The van der Waals surface area contributed by atoms with Crippen molar-refractivity contribution in [3.8, 4) is 0 Å². The fraction of sp³-hybridized carbons (Fsp3) is 0.429. The Bertz CT molecular complexity index is 299. The Morgan fingerprint density at radius 2 is 2.10 bits per heavy atom. The van der Waals surface area contributed by atoms with Gasteiger partial charge in [-0.3, -0.25) is 0 Å². The van der Waals surface area contributed by atoms with E-state index in [1.807, 2.05) is 11.3 Å². The van der Waals surface area contributed by atoms with Crippen LogP contribution in [-0.2, 0) is 6.54 Å². The molecular weight excluding hydrogens is 144 g/mol. The maximum atomic E-state index is 4.06. The van der Waals surface area contributed by atoms with Crippen LogP contribution in [0, 0.1) is 13.8 Å². The summed E-state index contributed by atoms with van der Waals surface area (Å²) >= 11 is 1.82. The standard InChI is InChI=1S/C7H8N2S/c1-4-6-3-8-9-7(6)5(2)10-4/h3H2,1-2H3. The molecule has 3 heteroatoms.